The zero-order chi connectivity index (χ0) is 27.8. The Morgan fingerprint density at radius 1 is 1.03 bits per heavy atom. The molecule has 0 aliphatic rings. The second-order valence-corrected chi connectivity index (χ2v) is 9.12. The molecule has 3 N–H and O–H groups in total. The number of anilines is 1. The van der Waals surface area contributed by atoms with Crippen LogP contribution >= 0.6 is 9.24 Å². The number of nitriles is 1. The van der Waals surface area contributed by atoms with Crippen LogP contribution < -0.4 is 16.4 Å². The van der Waals surface area contributed by atoms with Gasteiger partial charge in [-0.15, -0.1) is 9.24 Å². The van der Waals surface area contributed by atoms with E-state index < -0.39 is 0 Å². The summed E-state index contributed by atoms with van der Waals surface area (Å²) >= 11 is 0. The zero-order valence-corrected chi connectivity index (χ0v) is 23.9. The number of hydrogen-bond acceptors (Lipinski definition) is 3. The summed E-state index contributed by atoms with van der Waals surface area (Å²) < 4.78 is 14.0. The van der Waals surface area contributed by atoms with Crippen molar-refractivity contribution in [3.8, 4) is 6.07 Å². The first kappa shape index (κ1) is 31.5. The van der Waals surface area contributed by atoms with Crippen LogP contribution in [0.3, 0.4) is 0 Å². The highest BCUT2D eigenvalue weighted by atomic mass is 31.0. The third-order valence-electron chi connectivity index (χ3n) is 5.27. The first-order valence-corrected chi connectivity index (χ1v) is 13.2. The van der Waals surface area contributed by atoms with E-state index in [0.29, 0.717) is 33.9 Å². The SMILES string of the molecule is C=C(NC(=NCc1ccccc1C#N)c1ccccc1N)c1cc(F)cc(P)c1C.CCC.CCCC. The van der Waals surface area contributed by atoms with E-state index in [1.54, 1.807) is 12.1 Å². The lowest BCUT2D eigenvalue weighted by Gasteiger charge is -2.17. The number of amidine groups is 1. The van der Waals surface area contributed by atoms with Crippen LogP contribution in [0.5, 0.6) is 0 Å². The smallest absolute Gasteiger partial charge is 0.135 e. The molecule has 196 valence electrons. The van der Waals surface area contributed by atoms with Gasteiger partial charge in [0, 0.05) is 22.5 Å². The predicted molar refractivity (Wildman–Crippen MR) is 161 cm³/mol. The summed E-state index contributed by atoms with van der Waals surface area (Å²) in [5, 5.41) is 13.3. The summed E-state index contributed by atoms with van der Waals surface area (Å²) in [6, 6.07) is 19.7. The lowest BCUT2D eigenvalue weighted by molar-refractivity contribution is 0.628. The van der Waals surface area contributed by atoms with Crippen LogP contribution in [-0.2, 0) is 6.54 Å². The van der Waals surface area contributed by atoms with Crippen molar-refractivity contribution in [2.45, 2.75) is 60.4 Å². The molecule has 3 aromatic rings. The number of nitrogen functional groups attached to an aromatic ring is 1. The van der Waals surface area contributed by atoms with Gasteiger partial charge in [0.15, 0.2) is 0 Å². The first-order valence-electron chi connectivity index (χ1n) is 12.6. The minimum atomic E-state index is -0.343. The minimum absolute atomic E-state index is 0.282. The van der Waals surface area contributed by atoms with Crippen LogP contribution in [0.25, 0.3) is 5.70 Å². The van der Waals surface area contributed by atoms with E-state index in [2.05, 4.69) is 59.9 Å². The van der Waals surface area contributed by atoms with Crippen LogP contribution in [0, 0.1) is 24.1 Å². The van der Waals surface area contributed by atoms with Crippen molar-refractivity contribution in [2.75, 3.05) is 5.73 Å². The quantitative estimate of drug-likeness (QED) is 0.153. The van der Waals surface area contributed by atoms with Crippen LogP contribution in [0.4, 0.5) is 10.1 Å². The van der Waals surface area contributed by atoms with E-state index in [-0.39, 0.29) is 12.4 Å². The maximum absolute atomic E-state index is 14.0. The van der Waals surface area contributed by atoms with Gasteiger partial charge in [-0.2, -0.15) is 5.26 Å². The molecule has 0 aromatic heterocycles. The molecule has 0 aliphatic heterocycles. The molecular weight excluding hydrogens is 478 g/mol. The van der Waals surface area contributed by atoms with Gasteiger partial charge in [-0.3, -0.25) is 4.99 Å². The lowest BCUT2D eigenvalue weighted by atomic mass is 10.0. The summed E-state index contributed by atoms with van der Waals surface area (Å²) in [5.41, 5.74) is 10.8. The number of halogens is 1. The largest absolute Gasteiger partial charge is 0.398 e. The van der Waals surface area contributed by atoms with Crippen LogP contribution in [0.1, 0.15) is 74.8 Å². The molecule has 0 saturated carbocycles. The fourth-order valence-corrected chi connectivity index (χ4v) is 3.37. The molecule has 0 amide bonds. The van der Waals surface area contributed by atoms with Crippen molar-refractivity contribution < 1.29 is 4.39 Å². The van der Waals surface area contributed by atoms with Gasteiger partial charge in [0.05, 0.1) is 18.2 Å². The maximum atomic E-state index is 14.0. The average Bonchev–Trinajstić information content (AvgIpc) is 2.89. The maximum Gasteiger partial charge on any atom is 0.135 e. The highest BCUT2D eigenvalue weighted by molar-refractivity contribution is 7.27. The number of hydrogen-bond donors (Lipinski definition) is 2. The van der Waals surface area contributed by atoms with E-state index in [4.69, 9.17) is 5.73 Å². The molecular formula is C31H40FN4P. The molecule has 0 spiro atoms. The minimum Gasteiger partial charge on any atom is -0.398 e. The Labute approximate surface area is 224 Å². The Balaban J connectivity index is 0.000000873. The van der Waals surface area contributed by atoms with Gasteiger partial charge in [0.2, 0.25) is 0 Å². The Morgan fingerprint density at radius 2 is 1.62 bits per heavy atom. The second-order valence-electron chi connectivity index (χ2n) is 8.50. The number of nitrogens with two attached hydrogens (primary N) is 1. The van der Waals surface area contributed by atoms with Crippen molar-refractivity contribution in [2.24, 2.45) is 4.99 Å². The summed E-state index contributed by atoms with van der Waals surface area (Å²) in [6.07, 6.45) is 3.89. The van der Waals surface area contributed by atoms with E-state index >= 15 is 0 Å². The number of aliphatic imine (C=N–C) groups is 1. The van der Waals surface area contributed by atoms with Gasteiger partial charge in [0.1, 0.15) is 11.7 Å². The summed E-state index contributed by atoms with van der Waals surface area (Å²) in [4.78, 5) is 4.69. The standard InChI is InChI=1S/C24H22FN4P.C4H10.C3H8/c1-15-21(11-19(25)12-23(15)30)16(2)29-24(20-9-5-6-10-22(20)27)28-14-18-8-4-3-7-17(18)13-26;1-3-4-2;1-3-2/h3-12H,2,14,27,30H2,1H3,(H,28,29);3-4H2,1-2H3;3H2,1-2H3. The van der Waals surface area contributed by atoms with E-state index in [0.717, 1.165) is 16.4 Å². The van der Waals surface area contributed by atoms with Crippen LogP contribution in [0.15, 0.2) is 72.2 Å². The number of rotatable bonds is 6. The predicted octanol–water partition coefficient (Wildman–Crippen LogP) is 7.52. The van der Waals surface area contributed by atoms with Gasteiger partial charge in [0.25, 0.3) is 0 Å². The first-order chi connectivity index (χ1) is 17.7. The van der Waals surface area contributed by atoms with Crippen molar-refractivity contribution in [3.05, 3.63) is 101 Å². The molecule has 4 nitrogen and oxygen atoms in total. The van der Waals surface area contributed by atoms with Crippen LogP contribution in [-0.4, -0.2) is 5.84 Å². The van der Waals surface area contributed by atoms with Gasteiger partial charge in [-0.25, -0.2) is 4.39 Å². The van der Waals surface area contributed by atoms with Gasteiger partial charge in [-0.05, 0) is 53.7 Å². The molecule has 0 heterocycles. The fraction of sp³-hybridized carbons (Fsp3) is 0.290. The molecule has 6 heteroatoms. The lowest BCUT2D eigenvalue weighted by Crippen LogP contribution is -2.25. The van der Waals surface area contributed by atoms with Crippen molar-refractivity contribution in [1.29, 1.82) is 5.26 Å². The molecule has 37 heavy (non-hydrogen) atoms. The van der Waals surface area contributed by atoms with Crippen molar-refractivity contribution in [1.82, 2.24) is 5.32 Å². The van der Waals surface area contributed by atoms with E-state index in [9.17, 15) is 9.65 Å². The molecule has 0 aliphatic carbocycles. The summed E-state index contributed by atoms with van der Waals surface area (Å²) in [5.74, 6) is 0.157. The Bertz CT molecular complexity index is 1230. The van der Waals surface area contributed by atoms with E-state index in [1.165, 1.54) is 31.4 Å². The Morgan fingerprint density at radius 3 is 2.22 bits per heavy atom. The zero-order valence-electron chi connectivity index (χ0n) is 22.7. The molecule has 0 radical (unpaired) electrons. The van der Waals surface area contributed by atoms with Gasteiger partial charge < -0.3 is 11.1 Å². The normalized spacial score (nSPS) is 10.3. The number of benzene rings is 3. The third kappa shape index (κ3) is 10.2. The Hall–Kier alpha value is -3.48. The third-order valence-corrected chi connectivity index (χ3v) is 5.87. The number of para-hydroxylation sites is 1. The highest BCUT2D eigenvalue weighted by Gasteiger charge is 2.13. The molecule has 0 fully saturated rings. The average molecular weight is 519 g/mol. The van der Waals surface area contributed by atoms with Crippen molar-refractivity contribution in [3.63, 3.8) is 0 Å². The molecule has 0 bridgehead atoms. The number of nitrogens with zero attached hydrogens (tertiary/aromatic N) is 2. The molecule has 1 atom stereocenters. The highest BCUT2D eigenvalue weighted by Crippen LogP contribution is 2.20. The molecule has 1 unspecified atom stereocenters. The van der Waals surface area contributed by atoms with Gasteiger partial charge >= 0.3 is 0 Å². The number of unbranched alkanes of at least 4 members (excludes halogenated alkanes) is 1. The van der Waals surface area contributed by atoms with Crippen molar-refractivity contribution >= 4 is 31.8 Å². The summed E-state index contributed by atoms with van der Waals surface area (Å²) in [6.45, 7) is 14.9. The fourth-order valence-electron chi connectivity index (χ4n) is 3.06. The van der Waals surface area contributed by atoms with E-state index in [1.807, 2.05) is 43.3 Å². The topological polar surface area (TPSA) is 74.2 Å². The monoisotopic (exact) mass is 518 g/mol. The molecule has 3 aromatic carbocycles. The second kappa shape index (κ2) is 17.1. The summed E-state index contributed by atoms with van der Waals surface area (Å²) in [7, 11) is 2.53. The Kier molecular flexibility index (Phi) is 14.5. The number of nitrogens with one attached hydrogen (secondary N) is 1. The molecule has 3 rings (SSSR count). The van der Waals surface area contributed by atoms with Crippen LogP contribution in [0.2, 0.25) is 0 Å². The van der Waals surface area contributed by atoms with Gasteiger partial charge in [-0.1, -0.05) is 83.9 Å². The molecule has 0 saturated heterocycles.